The number of carbonyl (C=O) groups excluding carboxylic acids is 1. The van der Waals surface area contributed by atoms with Crippen LogP contribution in [0.1, 0.15) is 22.7 Å². The number of rotatable bonds is 7. The number of amides is 1. The van der Waals surface area contributed by atoms with Gasteiger partial charge in [-0.15, -0.1) is 0 Å². The van der Waals surface area contributed by atoms with E-state index in [4.69, 9.17) is 4.74 Å². The third-order valence-electron chi connectivity index (χ3n) is 4.50. The SMILES string of the molecule is COc1cccc(CNC(C(=O)Nc2cccc(C(F)(F)F)c2)c2ccccc2)c1. The van der Waals surface area contributed by atoms with Crippen molar-refractivity contribution >= 4 is 11.6 Å². The van der Waals surface area contributed by atoms with Gasteiger partial charge in [0.05, 0.1) is 12.7 Å². The van der Waals surface area contributed by atoms with Crippen LogP contribution in [0.15, 0.2) is 78.9 Å². The Hall–Kier alpha value is -3.32. The number of halogens is 3. The summed E-state index contributed by atoms with van der Waals surface area (Å²) in [5.41, 5.74) is 0.867. The van der Waals surface area contributed by atoms with Crippen LogP contribution in [0.2, 0.25) is 0 Å². The molecule has 3 aromatic carbocycles. The van der Waals surface area contributed by atoms with E-state index in [-0.39, 0.29) is 5.69 Å². The maximum atomic E-state index is 13.0. The lowest BCUT2D eigenvalue weighted by atomic mass is 10.1. The number of hydrogen-bond acceptors (Lipinski definition) is 3. The lowest BCUT2D eigenvalue weighted by Gasteiger charge is -2.20. The summed E-state index contributed by atoms with van der Waals surface area (Å²) >= 11 is 0. The Kier molecular flexibility index (Phi) is 6.74. The van der Waals surface area contributed by atoms with Crippen LogP contribution < -0.4 is 15.4 Å². The van der Waals surface area contributed by atoms with Crippen molar-refractivity contribution in [1.29, 1.82) is 0 Å². The van der Waals surface area contributed by atoms with E-state index in [0.29, 0.717) is 17.9 Å². The molecule has 0 aliphatic heterocycles. The van der Waals surface area contributed by atoms with Gasteiger partial charge in [0, 0.05) is 12.2 Å². The highest BCUT2D eigenvalue weighted by atomic mass is 19.4. The highest BCUT2D eigenvalue weighted by Crippen LogP contribution is 2.31. The fourth-order valence-corrected chi connectivity index (χ4v) is 3.00. The maximum Gasteiger partial charge on any atom is 0.416 e. The predicted octanol–water partition coefficient (Wildman–Crippen LogP) is 5.18. The van der Waals surface area contributed by atoms with Crippen molar-refractivity contribution in [2.75, 3.05) is 12.4 Å². The number of carbonyl (C=O) groups is 1. The van der Waals surface area contributed by atoms with Gasteiger partial charge in [-0.25, -0.2) is 0 Å². The average molecular weight is 414 g/mol. The molecule has 30 heavy (non-hydrogen) atoms. The van der Waals surface area contributed by atoms with Crippen molar-refractivity contribution in [3.8, 4) is 5.75 Å². The molecule has 0 aromatic heterocycles. The number of anilines is 1. The Morgan fingerprint density at radius 3 is 2.40 bits per heavy atom. The summed E-state index contributed by atoms with van der Waals surface area (Å²) in [5.74, 6) is 0.238. The summed E-state index contributed by atoms with van der Waals surface area (Å²) in [6.45, 7) is 0.368. The van der Waals surface area contributed by atoms with Gasteiger partial charge in [-0.1, -0.05) is 48.5 Å². The standard InChI is InChI=1S/C23H21F3N2O2/c1-30-20-12-5-7-16(13-20)15-27-21(17-8-3-2-4-9-17)22(29)28-19-11-6-10-18(14-19)23(24,25)26/h2-14,21,27H,15H2,1H3,(H,28,29). The van der Waals surface area contributed by atoms with E-state index in [0.717, 1.165) is 17.7 Å². The molecule has 1 amide bonds. The van der Waals surface area contributed by atoms with Gasteiger partial charge in [-0.2, -0.15) is 13.2 Å². The molecule has 0 bridgehead atoms. The van der Waals surface area contributed by atoms with Crippen LogP contribution in [0.3, 0.4) is 0 Å². The van der Waals surface area contributed by atoms with Crippen LogP contribution >= 0.6 is 0 Å². The second-order valence-electron chi connectivity index (χ2n) is 6.64. The first kappa shape index (κ1) is 21.4. The lowest BCUT2D eigenvalue weighted by Crippen LogP contribution is -2.32. The Labute approximate surface area is 172 Å². The van der Waals surface area contributed by atoms with E-state index in [1.807, 2.05) is 30.3 Å². The summed E-state index contributed by atoms with van der Waals surface area (Å²) in [4.78, 5) is 12.9. The van der Waals surface area contributed by atoms with Crippen molar-refractivity contribution in [2.45, 2.75) is 18.8 Å². The van der Waals surface area contributed by atoms with Gasteiger partial charge < -0.3 is 10.1 Å². The van der Waals surface area contributed by atoms with Gasteiger partial charge in [0.2, 0.25) is 5.91 Å². The number of nitrogens with one attached hydrogen (secondary N) is 2. The summed E-state index contributed by atoms with van der Waals surface area (Å²) in [5, 5.41) is 5.76. The molecule has 2 N–H and O–H groups in total. The van der Waals surface area contributed by atoms with Gasteiger partial charge in [0.25, 0.3) is 0 Å². The zero-order chi connectivity index (χ0) is 21.6. The molecule has 1 atom stereocenters. The molecule has 1 unspecified atom stereocenters. The van der Waals surface area contributed by atoms with E-state index in [1.54, 1.807) is 31.4 Å². The minimum absolute atomic E-state index is 0.0823. The van der Waals surface area contributed by atoms with E-state index in [9.17, 15) is 18.0 Å². The Bertz CT molecular complexity index is 991. The van der Waals surface area contributed by atoms with Crippen LogP contribution in [-0.4, -0.2) is 13.0 Å². The second-order valence-corrected chi connectivity index (χ2v) is 6.64. The minimum Gasteiger partial charge on any atom is -0.497 e. The van der Waals surface area contributed by atoms with Crippen molar-refractivity contribution < 1.29 is 22.7 Å². The molecule has 0 aliphatic carbocycles. The number of alkyl halides is 3. The van der Waals surface area contributed by atoms with Gasteiger partial charge in [-0.05, 0) is 41.5 Å². The summed E-state index contributed by atoms with van der Waals surface area (Å²) in [6.07, 6.45) is -4.48. The van der Waals surface area contributed by atoms with Crippen LogP contribution in [0.25, 0.3) is 0 Å². The number of benzene rings is 3. The van der Waals surface area contributed by atoms with Crippen molar-refractivity contribution in [3.63, 3.8) is 0 Å². The molecule has 3 rings (SSSR count). The molecule has 3 aromatic rings. The Morgan fingerprint density at radius 1 is 0.967 bits per heavy atom. The fraction of sp³-hybridized carbons (Fsp3) is 0.174. The zero-order valence-corrected chi connectivity index (χ0v) is 16.2. The minimum atomic E-state index is -4.48. The van der Waals surface area contributed by atoms with E-state index >= 15 is 0 Å². The van der Waals surface area contributed by atoms with Gasteiger partial charge >= 0.3 is 6.18 Å². The lowest BCUT2D eigenvalue weighted by molar-refractivity contribution is -0.137. The zero-order valence-electron chi connectivity index (χ0n) is 16.2. The van der Waals surface area contributed by atoms with E-state index in [2.05, 4.69) is 10.6 Å². The molecule has 0 radical (unpaired) electrons. The van der Waals surface area contributed by atoms with E-state index < -0.39 is 23.7 Å². The molecule has 0 spiro atoms. The molecule has 0 heterocycles. The monoisotopic (exact) mass is 414 g/mol. The van der Waals surface area contributed by atoms with Crippen LogP contribution in [0, 0.1) is 0 Å². The average Bonchev–Trinajstić information content (AvgIpc) is 2.74. The van der Waals surface area contributed by atoms with Crippen molar-refractivity contribution in [2.24, 2.45) is 0 Å². The van der Waals surface area contributed by atoms with Crippen LogP contribution in [0.4, 0.5) is 18.9 Å². The molecule has 0 saturated carbocycles. The highest BCUT2D eigenvalue weighted by Gasteiger charge is 2.30. The second kappa shape index (κ2) is 9.45. The first-order chi connectivity index (χ1) is 14.4. The number of ether oxygens (including phenoxy) is 1. The maximum absolute atomic E-state index is 13.0. The first-order valence-electron chi connectivity index (χ1n) is 9.26. The van der Waals surface area contributed by atoms with Crippen molar-refractivity contribution in [1.82, 2.24) is 5.32 Å². The summed E-state index contributed by atoms with van der Waals surface area (Å²) < 4.78 is 44.1. The molecule has 0 aliphatic rings. The molecule has 0 fully saturated rings. The topological polar surface area (TPSA) is 50.4 Å². The van der Waals surface area contributed by atoms with E-state index in [1.165, 1.54) is 12.1 Å². The Morgan fingerprint density at radius 2 is 1.70 bits per heavy atom. The smallest absolute Gasteiger partial charge is 0.416 e. The predicted molar refractivity (Wildman–Crippen MR) is 109 cm³/mol. The molecular formula is C23H21F3N2O2. The normalized spacial score (nSPS) is 12.3. The number of methoxy groups -OCH3 is 1. The van der Waals surface area contributed by atoms with Gasteiger partial charge in [0.1, 0.15) is 11.8 Å². The fourth-order valence-electron chi connectivity index (χ4n) is 3.00. The van der Waals surface area contributed by atoms with Gasteiger partial charge in [0.15, 0.2) is 0 Å². The first-order valence-corrected chi connectivity index (χ1v) is 9.26. The molecule has 4 nitrogen and oxygen atoms in total. The Balaban J connectivity index is 1.79. The third kappa shape index (κ3) is 5.61. The highest BCUT2D eigenvalue weighted by molar-refractivity contribution is 5.95. The third-order valence-corrected chi connectivity index (χ3v) is 4.50. The molecule has 0 saturated heterocycles. The van der Waals surface area contributed by atoms with Gasteiger partial charge in [-0.3, -0.25) is 10.1 Å². The molecular weight excluding hydrogens is 393 g/mol. The number of hydrogen-bond donors (Lipinski definition) is 2. The van der Waals surface area contributed by atoms with Crippen LogP contribution in [-0.2, 0) is 17.5 Å². The summed E-state index contributed by atoms with van der Waals surface area (Å²) in [6, 6.07) is 20.2. The molecule has 7 heteroatoms. The molecule has 156 valence electrons. The largest absolute Gasteiger partial charge is 0.497 e. The summed E-state index contributed by atoms with van der Waals surface area (Å²) in [7, 11) is 1.57. The quantitative estimate of drug-likeness (QED) is 0.560. The van der Waals surface area contributed by atoms with Crippen LogP contribution in [0.5, 0.6) is 5.75 Å². The van der Waals surface area contributed by atoms with Crippen molar-refractivity contribution in [3.05, 3.63) is 95.6 Å².